The van der Waals surface area contributed by atoms with Crippen LogP contribution >= 0.6 is 58.0 Å². The number of halogens is 5. The Morgan fingerprint density at radius 1 is 0.719 bits per heavy atom. The predicted molar refractivity (Wildman–Crippen MR) is 133 cm³/mol. The number of rotatable bonds is 4. The third kappa shape index (κ3) is 5.00. The largest absolute Gasteiger partial charge is 0.361 e. The first-order chi connectivity index (χ1) is 15.1. The molecule has 0 aromatic heterocycles. The number of nitrogens with zero attached hydrogens (tertiary/aromatic N) is 2. The van der Waals surface area contributed by atoms with Crippen molar-refractivity contribution in [2.75, 3.05) is 24.5 Å². The molecule has 0 radical (unpaired) electrons. The summed E-state index contributed by atoms with van der Waals surface area (Å²) in [6.45, 7) is 0.880. The number of benzene rings is 3. The molecule has 0 bridgehead atoms. The fourth-order valence-corrected chi connectivity index (χ4v) is 6.58. The van der Waals surface area contributed by atoms with Gasteiger partial charge in [0.25, 0.3) is 0 Å². The fourth-order valence-electron chi connectivity index (χ4n) is 3.78. The minimum absolute atomic E-state index is 0.0582. The number of anilines is 1. The molecule has 4 rings (SSSR count). The molecule has 1 fully saturated rings. The zero-order valence-electron chi connectivity index (χ0n) is 16.5. The molecule has 1 atom stereocenters. The molecule has 0 aliphatic carbocycles. The summed E-state index contributed by atoms with van der Waals surface area (Å²) < 4.78 is 28.2. The van der Waals surface area contributed by atoms with Crippen molar-refractivity contribution in [2.24, 2.45) is 0 Å². The van der Waals surface area contributed by atoms with E-state index in [1.54, 1.807) is 24.3 Å². The highest BCUT2D eigenvalue weighted by atomic mass is 35.5. The molecule has 0 saturated carbocycles. The molecule has 1 aliphatic heterocycles. The molecule has 168 valence electrons. The lowest BCUT2D eigenvalue weighted by Crippen LogP contribution is -2.50. The summed E-state index contributed by atoms with van der Waals surface area (Å²) in [4.78, 5) is 2.14. The lowest BCUT2D eigenvalue weighted by atomic mass is 10.0. The number of sulfonamides is 1. The molecule has 1 unspecified atom stereocenters. The van der Waals surface area contributed by atoms with Crippen LogP contribution in [0.5, 0.6) is 0 Å². The molecule has 1 saturated heterocycles. The number of hydrogen-bond acceptors (Lipinski definition) is 3. The average Bonchev–Trinajstić information content (AvgIpc) is 2.73. The Morgan fingerprint density at radius 3 is 1.97 bits per heavy atom. The van der Waals surface area contributed by atoms with Crippen LogP contribution in [0, 0.1) is 0 Å². The molecule has 3 aromatic carbocycles. The predicted octanol–water partition coefficient (Wildman–Crippen LogP) is 7.21. The molecule has 10 heteroatoms. The first-order valence-electron chi connectivity index (χ1n) is 9.58. The van der Waals surface area contributed by atoms with Crippen LogP contribution in [-0.2, 0) is 10.0 Å². The number of hydrogen-bond donors (Lipinski definition) is 0. The minimum atomic E-state index is -3.82. The molecule has 1 aliphatic rings. The molecule has 32 heavy (non-hydrogen) atoms. The van der Waals surface area contributed by atoms with Gasteiger partial charge in [0.1, 0.15) is 0 Å². The second kappa shape index (κ2) is 9.59. The van der Waals surface area contributed by atoms with Gasteiger partial charge in [-0.15, -0.1) is 0 Å². The average molecular weight is 551 g/mol. The Balaban J connectivity index is 1.73. The van der Waals surface area contributed by atoms with E-state index < -0.39 is 10.0 Å². The summed E-state index contributed by atoms with van der Waals surface area (Å²) in [5, 5.41) is 2.14. The number of piperazine rings is 1. The topological polar surface area (TPSA) is 40.6 Å². The Hall–Kier alpha value is -1.18. The molecular weight excluding hydrogens is 534 g/mol. The maximum absolute atomic E-state index is 13.4. The van der Waals surface area contributed by atoms with Crippen molar-refractivity contribution in [2.45, 2.75) is 10.9 Å². The first kappa shape index (κ1) is 24.0. The van der Waals surface area contributed by atoms with E-state index in [-0.39, 0.29) is 34.1 Å². The molecule has 3 aromatic rings. The summed E-state index contributed by atoms with van der Waals surface area (Å²) in [5.74, 6) is 0. The van der Waals surface area contributed by atoms with Crippen LogP contribution in [0.1, 0.15) is 11.6 Å². The van der Waals surface area contributed by atoms with E-state index in [0.717, 1.165) is 11.3 Å². The van der Waals surface area contributed by atoms with Crippen molar-refractivity contribution in [3.63, 3.8) is 0 Å². The monoisotopic (exact) mass is 548 g/mol. The van der Waals surface area contributed by atoms with E-state index in [4.69, 9.17) is 58.0 Å². The van der Waals surface area contributed by atoms with Crippen molar-refractivity contribution in [1.82, 2.24) is 4.31 Å². The summed E-state index contributed by atoms with van der Waals surface area (Å²) in [6, 6.07) is 16.6. The van der Waals surface area contributed by atoms with Crippen LogP contribution in [0.25, 0.3) is 0 Å². The third-order valence-electron chi connectivity index (χ3n) is 5.29. The summed E-state index contributed by atoms with van der Waals surface area (Å²) >= 11 is 30.8. The van der Waals surface area contributed by atoms with Crippen LogP contribution in [-0.4, -0.2) is 32.4 Å². The van der Waals surface area contributed by atoms with E-state index in [9.17, 15) is 8.42 Å². The zero-order valence-corrected chi connectivity index (χ0v) is 21.1. The maximum atomic E-state index is 13.4. The van der Waals surface area contributed by atoms with Gasteiger partial charge in [0.2, 0.25) is 10.0 Å². The van der Waals surface area contributed by atoms with Crippen molar-refractivity contribution in [3.8, 4) is 0 Å². The van der Waals surface area contributed by atoms with Crippen molar-refractivity contribution >= 4 is 73.7 Å². The van der Waals surface area contributed by atoms with Gasteiger partial charge in [-0.3, -0.25) is 0 Å². The van der Waals surface area contributed by atoms with E-state index >= 15 is 0 Å². The van der Waals surface area contributed by atoms with Gasteiger partial charge in [0.15, 0.2) is 0 Å². The highest BCUT2D eigenvalue weighted by molar-refractivity contribution is 7.89. The molecule has 1 heterocycles. The van der Waals surface area contributed by atoms with Gasteiger partial charge in [-0.1, -0.05) is 70.1 Å². The maximum Gasteiger partial charge on any atom is 0.243 e. The second-order valence-electron chi connectivity index (χ2n) is 7.32. The Labute approximate surface area is 212 Å². The summed E-state index contributed by atoms with van der Waals surface area (Å²) in [5.41, 5.74) is 1.68. The quantitative estimate of drug-likeness (QED) is 0.345. The van der Waals surface area contributed by atoms with E-state index in [1.165, 1.54) is 22.5 Å². The van der Waals surface area contributed by atoms with Gasteiger partial charge in [-0.2, -0.15) is 4.31 Å². The van der Waals surface area contributed by atoms with Crippen LogP contribution in [0.3, 0.4) is 0 Å². The third-order valence-corrected chi connectivity index (χ3v) is 8.36. The molecule has 0 N–H and O–H groups in total. The van der Waals surface area contributed by atoms with E-state index in [1.807, 2.05) is 18.2 Å². The van der Waals surface area contributed by atoms with Crippen LogP contribution in [0.15, 0.2) is 65.6 Å². The van der Waals surface area contributed by atoms with Crippen LogP contribution in [0.4, 0.5) is 5.69 Å². The summed E-state index contributed by atoms with van der Waals surface area (Å²) in [6.07, 6.45) is 0. The molecule has 4 nitrogen and oxygen atoms in total. The highest BCUT2D eigenvalue weighted by Gasteiger charge is 2.36. The smallest absolute Gasteiger partial charge is 0.243 e. The Kier molecular flexibility index (Phi) is 7.18. The summed E-state index contributed by atoms with van der Waals surface area (Å²) in [7, 11) is -3.82. The van der Waals surface area contributed by atoms with Gasteiger partial charge in [0.05, 0.1) is 21.6 Å². The van der Waals surface area contributed by atoms with Gasteiger partial charge in [0, 0.05) is 39.7 Å². The van der Waals surface area contributed by atoms with Gasteiger partial charge < -0.3 is 4.90 Å². The molecule has 0 amide bonds. The van der Waals surface area contributed by atoms with E-state index in [0.29, 0.717) is 21.6 Å². The highest BCUT2D eigenvalue weighted by Crippen LogP contribution is 2.38. The van der Waals surface area contributed by atoms with Gasteiger partial charge >= 0.3 is 0 Å². The lowest BCUT2D eigenvalue weighted by molar-refractivity contribution is 0.335. The lowest BCUT2D eigenvalue weighted by Gasteiger charge is -2.42. The van der Waals surface area contributed by atoms with E-state index in [2.05, 4.69) is 4.90 Å². The second-order valence-corrected chi connectivity index (χ2v) is 11.4. The normalized spacial score (nSPS) is 17.5. The molecule has 0 spiro atoms. The van der Waals surface area contributed by atoms with Crippen molar-refractivity contribution in [1.29, 1.82) is 0 Å². The van der Waals surface area contributed by atoms with Crippen molar-refractivity contribution in [3.05, 3.63) is 91.3 Å². The SMILES string of the molecule is O=S(=O)(c1cc(Cl)cc(Cl)c1)N1CCN(c2ccc(Cl)cc2Cl)C(c2ccc(Cl)cc2)C1. The zero-order chi connectivity index (χ0) is 23.0. The van der Waals surface area contributed by atoms with Crippen molar-refractivity contribution < 1.29 is 8.42 Å². The minimum Gasteiger partial charge on any atom is -0.361 e. The first-order valence-corrected chi connectivity index (χ1v) is 12.9. The van der Waals surface area contributed by atoms with Crippen LogP contribution < -0.4 is 4.90 Å². The standard InChI is InChI=1S/C22H17Cl5N2O2S/c23-15-3-1-14(2-4-15)22-13-28(32(30,31)19-10-17(25)9-18(26)11-19)7-8-29(22)21-6-5-16(24)12-20(21)27/h1-6,9-12,22H,7-8,13H2. The Bertz CT molecular complexity index is 1230. The van der Waals surface area contributed by atoms with Crippen LogP contribution in [0.2, 0.25) is 25.1 Å². The Morgan fingerprint density at radius 2 is 1.34 bits per heavy atom. The van der Waals surface area contributed by atoms with Gasteiger partial charge in [-0.25, -0.2) is 8.42 Å². The molecular formula is C22H17Cl5N2O2S. The van der Waals surface area contributed by atoms with Gasteiger partial charge in [-0.05, 0) is 54.1 Å². The fraction of sp³-hybridized carbons (Fsp3) is 0.182.